The molecular weight excluding hydrogens is 496 g/mol. The molecule has 0 aliphatic carbocycles. The number of thioether (sulfide) groups is 1. The molecule has 3 heterocycles. The van der Waals surface area contributed by atoms with Crippen LogP contribution < -0.4 is 0 Å². The first-order chi connectivity index (χ1) is 15.3. The summed E-state index contributed by atoms with van der Waals surface area (Å²) >= 11 is 5.32. The normalized spacial score (nSPS) is 33.8. The van der Waals surface area contributed by atoms with E-state index in [1.54, 1.807) is 41.5 Å². The van der Waals surface area contributed by atoms with Crippen LogP contribution in [-0.4, -0.2) is 85.9 Å². The number of carbonyl (C=O) groups is 3. The molecule has 2 amide bonds. The van der Waals surface area contributed by atoms with Crippen LogP contribution in [0.5, 0.6) is 0 Å². The lowest BCUT2D eigenvalue weighted by atomic mass is 9.71. The second kappa shape index (κ2) is 10.5. The zero-order valence-electron chi connectivity index (χ0n) is 19.2. The molecular formula is C23H35BrN2O5S. The third-order valence-electron chi connectivity index (χ3n) is 6.95. The number of hydrogen-bond acceptors (Lipinski definition) is 6. The summed E-state index contributed by atoms with van der Waals surface area (Å²) in [5.41, 5.74) is 0. The van der Waals surface area contributed by atoms with Crippen molar-refractivity contribution in [2.45, 2.75) is 73.4 Å². The Bertz CT molecular complexity index is 752. The van der Waals surface area contributed by atoms with Gasteiger partial charge in [0.2, 0.25) is 11.8 Å². The van der Waals surface area contributed by atoms with Crippen molar-refractivity contribution in [1.82, 2.24) is 9.80 Å². The Morgan fingerprint density at radius 3 is 2.75 bits per heavy atom. The van der Waals surface area contributed by atoms with E-state index >= 15 is 0 Å². The largest absolute Gasteiger partial charge is 0.466 e. The number of aliphatic hydroxyl groups is 1. The van der Waals surface area contributed by atoms with Crippen LogP contribution in [0.3, 0.4) is 0 Å². The SMILES string of the molecule is C=CCN(CCCCC)C(=O)C1N([C@H](C)CO)C(=O)[C@@H]2[C@@H](C(=O)OCC)[C@@H]3SC12CC3Br. The van der Waals surface area contributed by atoms with E-state index < -0.39 is 28.7 Å². The Morgan fingerprint density at radius 1 is 1.44 bits per heavy atom. The topological polar surface area (TPSA) is 87.2 Å². The highest BCUT2D eigenvalue weighted by Gasteiger charge is 2.76. The van der Waals surface area contributed by atoms with Gasteiger partial charge in [0.1, 0.15) is 6.04 Å². The third kappa shape index (κ3) is 4.13. The molecule has 9 heteroatoms. The standard InChI is InChI=1S/C23H35BrN2O5S/c1-5-8-9-11-25(10-6-2)21(29)19-23-12-15(24)18(32-23)16(22(30)31-7-3)17(23)20(28)26(19)14(4)13-27/h6,14-19,27H,2,5,7-13H2,1,3-4H3/t14-,15?,16-,17+,18-,19?,23?/m1/s1. The van der Waals surface area contributed by atoms with E-state index in [0.717, 1.165) is 19.3 Å². The summed E-state index contributed by atoms with van der Waals surface area (Å²) < 4.78 is 4.64. The number of alkyl halides is 1. The number of fused-ring (bicyclic) bond motifs is 1. The predicted molar refractivity (Wildman–Crippen MR) is 129 cm³/mol. The number of esters is 1. The third-order valence-corrected chi connectivity index (χ3v) is 10.2. The fourth-order valence-electron chi connectivity index (χ4n) is 5.59. The van der Waals surface area contributed by atoms with E-state index in [2.05, 4.69) is 29.4 Å². The Labute approximate surface area is 203 Å². The Kier molecular flexibility index (Phi) is 8.36. The molecule has 3 aliphatic rings. The van der Waals surface area contributed by atoms with Crippen LogP contribution in [0.4, 0.5) is 0 Å². The van der Waals surface area contributed by atoms with Crippen LogP contribution in [0.25, 0.3) is 0 Å². The van der Waals surface area contributed by atoms with Gasteiger partial charge in [-0.05, 0) is 26.7 Å². The molecule has 7 nitrogen and oxygen atoms in total. The average molecular weight is 532 g/mol. The smallest absolute Gasteiger partial charge is 0.310 e. The van der Waals surface area contributed by atoms with Gasteiger partial charge in [0.15, 0.2) is 0 Å². The number of rotatable bonds is 11. The quantitative estimate of drug-likeness (QED) is 0.191. The molecule has 3 aliphatic heterocycles. The van der Waals surface area contributed by atoms with Crippen molar-refractivity contribution in [1.29, 1.82) is 0 Å². The van der Waals surface area contributed by atoms with Gasteiger partial charge >= 0.3 is 5.97 Å². The molecule has 2 bridgehead atoms. The first-order valence-corrected chi connectivity index (χ1v) is 13.4. The summed E-state index contributed by atoms with van der Waals surface area (Å²) in [6.45, 7) is 10.4. The molecule has 1 N–H and O–H groups in total. The van der Waals surface area contributed by atoms with Crippen molar-refractivity contribution in [3.63, 3.8) is 0 Å². The molecule has 7 atom stereocenters. The number of hydrogen-bond donors (Lipinski definition) is 1. The van der Waals surface area contributed by atoms with E-state index in [1.165, 1.54) is 0 Å². The van der Waals surface area contributed by atoms with Crippen LogP contribution in [0, 0.1) is 11.8 Å². The summed E-state index contributed by atoms with van der Waals surface area (Å²) in [4.78, 5) is 44.0. The number of aliphatic hydroxyl groups excluding tert-OH is 1. The first-order valence-electron chi connectivity index (χ1n) is 11.6. The molecule has 3 saturated heterocycles. The van der Waals surface area contributed by atoms with Crippen LogP contribution in [-0.2, 0) is 19.1 Å². The molecule has 3 fully saturated rings. The minimum atomic E-state index is -0.724. The second-order valence-electron chi connectivity index (χ2n) is 8.97. The summed E-state index contributed by atoms with van der Waals surface area (Å²) in [5.74, 6) is -1.91. The number of carbonyl (C=O) groups excluding carboxylic acids is 3. The molecule has 180 valence electrons. The Balaban J connectivity index is 2.03. The molecule has 32 heavy (non-hydrogen) atoms. The summed E-state index contributed by atoms with van der Waals surface area (Å²) in [6, 6.07) is -1.24. The predicted octanol–water partition coefficient (Wildman–Crippen LogP) is 2.60. The van der Waals surface area contributed by atoms with E-state index in [1.807, 2.05) is 0 Å². The first kappa shape index (κ1) is 25.6. The number of amides is 2. The maximum Gasteiger partial charge on any atom is 0.310 e. The van der Waals surface area contributed by atoms with Crippen LogP contribution in [0.1, 0.15) is 46.5 Å². The molecule has 0 radical (unpaired) electrons. The van der Waals surface area contributed by atoms with Crippen LogP contribution >= 0.6 is 27.7 Å². The maximum absolute atomic E-state index is 14.0. The van der Waals surface area contributed by atoms with Crippen molar-refractivity contribution in [3.05, 3.63) is 12.7 Å². The van der Waals surface area contributed by atoms with E-state index in [-0.39, 0.29) is 41.1 Å². The fourth-order valence-corrected chi connectivity index (χ4v) is 9.17. The second-order valence-corrected chi connectivity index (χ2v) is 11.7. The zero-order chi connectivity index (χ0) is 23.6. The number of ether oxygens (including phenoxy) is 1. The minimum Gasteiger partial charge on any atom is -0.466 e. The number of nitrogens with zero attached hydrogens (tertiary/aromatic N) is 2. The highest BCUT2D eigenvalue weighted by molar-refractivity contribution is 9.09. The Hall–Kier alpha value is -1.06. The molecule has 1 spiro atoms. The zero-order valence-corrected chi connectivity index (χ0v) is 21.6. The van der Waals surface area contributed by atoms with Gasteiger partial charge in [0, 0.05) is 23.2 Å². The molecule has 3 rings (SSSR count). The summed E-state index contributed by atoms with van der Waals surface area (Å²) in [6.07, 6.45) is 5.27. The molecule has 3 unspecified atom stereocenters. The summed E-state index contributed by atoms with van der Waals surface area (Å²) in [7, 11) is 0. The lowest BCUT2D eigenvalue weighted by Gasteiger charge is -2.39. The van der Waals surface area contributed by atoms with Gasteiger partial charge in [0.05, 0.1) is 35.8 Å². The monoisotopic (exact) mass is 530 g/mol. The van der Waals surface area contributed by atoms with Gasteiger partial charge in [-0.25, -0.2) is 0 Å². The summed E-state index contributed by atoms with van der Waals surface area (Å²) in [5, 5.41) is 9.81. The van der Waals surface area contributed by atoms with Crippen molar-refractivity contribution in [2.24, 2.45) is 11.8 Å². The number of halogens is 1. The highest BCUT2D eigenvalue weighted by Crippen LogP contribution is 2.68. The highest BCUT2D eigenvalue weighted by atomic mass is 79.9. The van der Waals surface area contributed by atoms with Gasteiger partial charge in [-0.1, -0.05) is 41.8 Å². The van der Waals surface area contributed by atoms with Crippen molar-refractivity contribution >= 4 is 45.5 Å². The van der Waals surface area contributed by atoms with E-state index in [0.29, 0.717) is 19.5 Å². The average Bonchev–Trinajstić information content (AvgIpc) is 3.36. The van der Waals surface area contributed by atoms with Gasteiger partial charge < -0.3 is 19.6 Å². The number of likely N-dealkylation sites (tertiary alicyclic amines) is 1. The van der Waals surface area contributed by atoms with Gasteiger partial charge in [-0.2, -0.15) is 0 Å². The van der Waals surface area contributed by atoms with Crippen molar-refractivity contribution < 1.29 is 24.2 Å². The minimum absolute atomic E-state index is 0.0126. The van der Waals surface area contributed by atoms with Crippen molar-refractivity contribution in [3.8, 4) is 0 Å². The maximum atomic E-state index is 14.0. The van der Waals surface area contributed by atoms with Crippen LogP contribution in [0.2, 0.25) is 0 Å². The molecule has 0 aromatic heterocycles. The van der Waals surface area contributed by atoms with Gasteiger partial charge in [-0.3, -0.25) is 14.4 Å². The molecule has 0 saturated carbocycles. The van der Waals surface area contributed by atoms with Crippen LogP contribution in [0.15, 0.2) is 12.7 Å². The fraction of sp³-hybridized carbons (Fsp3) is 0.783. The lowest BCUT2D eigenvalue weighted by Crippen LogP contribution is -2.57. The van der Waals surface area contributed by atoms with E-state index in [4.69, 9.17) is 4.74 Å². The Morgan fingerprint density at radius 2 is 2.16 bits per heavy atom. The number of unbranched alkanes of at least 4 members (excludes halogenated alkanes) is 2. The lowest BCUT2D eigenvalue weighted by molar-refractivity contribution is -0.154. The molecule has 0 aromatic carbocycles. The van der Waals surface area contributed by atoms with Crippen molar-refractivity contribution in [2.75, 3.05) is 26.3 Å². The van der Waals surface area contributed by atoms with Gasteiger partial charge in [0.25, 0.3) is 0 Å². The van der Waals surface area contributed by atoms with E-state index in [9.17, 15) is 19.5 Å². The molecule has 0 aromatic rings. The van der Waals surface area contributed by atoms with Gasteiger partial charge in [-0.15, -0.1) is 18.3 Å².